The van der Waals surface area contributed by atoms with Gasteiger partial charge in [0.15, 0.2) is 0 Å². The molecule has 2 aliphatic rings. The van der Waals surface area contributed by atoms with E-state index in [2.05, 4.69) is 16.0 Å². The van der Waals surface area contributed by atoms with Gasteiger partial charge in [0, 0.05) is 18.8 Å². The van der Waals surface area contributed by atoms with E-state index in [9.17, 15) is 27.6 Å². The number of anilines is 2. The summed E-state index contributed by atoms with van der Waals surface area (Å²) in [5, 5.41) is 8.27. The number of amides is 3. The lowest BCUT2D eigenvalue weighted by molar-refractivity contribution is -0.137. The Balaban J connectivity index is 1.48. The van der Waals surface area contributed by atoms with E-state index in [1.54, 1.807) is 12.1 Å². The third kappa shape index (κ3) is 6.75. The van der Waals surface area contributed by atoms with Crippen molar-refractivity contribution in [3.8, 4) is 0 Å². The first-order valence-electron chi connectivity index (χ1n) is 11.3. The minimum atomic E-state index is -4.76. The largest absolute Gasteiger partial charge is 0.418 e. The van der Waals surface area contributed by atoms with Crippen LogP contribution in [-0.2, 0) is 20.5 Å². The van der Waals surface area contributed by atoms with Crippen molar-refractivity contribution < 1.29 is 32.3 Å². The zero-order valence-electron chi connectivity index (χ0n) is 19.0. The number of alkyl halides is 3. The molecular formula is C23H24ClF3N4O4S. The molecule has 2 aromatic rings. The van der Waals surface area contributed by atoms with Crippen LogP contribution in [-0.4, -0.2) is 56.6 Å². The summed E-state index contributed by atoms with van der Waals surface area (Å²) in [6, 6.07) is 5.56. The quantitative estimate of drug-likeness (QED) is 0.449. The van der Waals surface area contributed by atoms with E-state index < -0.39 is 35.5 Å². The van der Waals surface area contributed by atoms with Gasteiger partial charge in [-0.2, -0.15) is 13.2 Å². The van der Waals surface area contributed by atoms with E-state index in [1.165, 1.54) is 6.07 Å². The molecule has 0 spiro atoms. The Morgan fingerprint density at radius 3 is 2.64 bits per heavy atom. The predicted molar refractivity (Wildman–Crippen MR) is 129 cm³/mol. The standard InChI is InChI=1S/C23H24ClF3N4O4S/c24-19-6-5-18(36-19)22(34)29-11-16(28-10-13-1-2-13)21(33)30-14-3-4-17(15(9-14)23(25,26)27)31-7-8-35-12-20(31)32/h3-6,9,13,16,28H,1-2,7-8,10-12H2,(H,29,34)(H,30,33)/t16-/m0/s1. The zero-order valence-corrected chi connectivity index (χ0v) is 20.6. The van der Waals surface area contributed by atoms with Crippen LogP contribution in [0.15, 0.2) is 30.3 Å². The second kappa shape index (κ2) is 11.2. The van der Waals surface area contributed by atoms with Crippen molar-refractivity contribution in [3.05, 3.63) is 45.1 Å². The lowest BCUT2D eigenvalue weighted by Gasteiger charge is -2.29. The highest BCUT2D eigenvalue weighted by Crippen LogP contribution is 2.39. The molecule has 1 atom stereocenters. The molecule has 3 N–H and O–H groups in total. The highest BCUT2D eigenvalue weighted by Gasteiger charge is 2.37. The molecule has 194 valence electrons. The number of nitrogens with one attached hydrogen (secondary N) is 3. The van der Waals surface area contributed by atoms with E-state index in [1.807, 2.05) is 0 Å². The second-order valence-corrected chi connectivity index (χ2v) is 10.2. The van der Waals surface area contributed by atoms with Crippen molar-refractivity contribution >= 4 is 52.0 Å². The van der Waals surface area contributed by atoms with Crippen molar-refractivity contribution in [1.82, 2.24) is 10.6 Å². The van der Waals surface area contributed by atoms with Gasteiger partial charge in [-0.3, -0.25) is 14.4 Å². The molecule has 1 aliphatic heterocycles. The summed E-state index contributed by atoms with van der Waals surface area (Å²) in [6.45, 7) is 0.298. The van der Waals surface area contributed by atoms with Gasteiger partial charge in [-0.25, -0.2) is 0 Å². The molecule has 2 heterocycles. The van der Waals surface area contributed by atoms with Crippen molar-refractivity contribution in [2.45, 2.75) is 25.1 Å². The molecule has 2 fully saturated rings. The van der Waals surface area contributed by atoms with Gasteiger partial charge < -0.3 is 25.6 Å². The van der Waals surface area contributed by atoms with Gasteiger partial charge in [0.1, 0.15) is 12.6 Å². The molecule has 0 radical (unpaired) electrons. The summed E-state index contributed by atoms with van der Waals surface area (Å²) in [5.74, 6) is -1.15. The number of thiophene rings is 1. The first-order chi connectivity index (χ1) is 17.1. The fourth-order valence-corrected chi connectivity index (χ4v) is 4.64. The summed E-state index contributed by atoms with van der Waals surface area (Å²) in [7, 11) is 0. The normalized spacial score (nSPS) is 17.1. The van der Waals surface area contributed by atoms with Gasteiger partial charge in [-0.1, -0.05) is 11.6 Å². The molecule has 1 saturated carbocycles. The van der Waals surface area contributed by atoms with Gasteiger partial charge in [-0.15, -0.1) is 11.3 Å². The summed E-state index contributed by atoms with van der Waals surface area (Å²) in [5.41, 5.74) is -1.41. The van der Waals surface area contributed by atoms with E-state index in [0.717, 1.165) is 41.2 Å². The average molecular weight is 545 g/mol. The number of hydrogen-bond donors (Lipinski definition) is 3. The van der Waals surface area contributed by atoms with E-state index in [4.69, 9.17) is 16.3 Å². The Labute approximate surface area is 214 Å². The molecule has 36 heavy (non-hydrogen) atoms. The molecule has 4 rings (SSSR count). The molecule has 13 heteroatoms. The Hall–Kier alpha value is -2.67. The number of hydrogen-bond acceptors (Lipinski definition) is 6. The summed E-state index contributed by atoms with van der Waals surface area (Å²) in [4.78, 5) is 38.9. The maximum Gasteiger partial charge on any atom is 0.418 e. The van der Waals surface area contributed by atoms with Crippen LogP contribution in [0.5, 0.6) is 0 Å². The third-order valence-corrected chi connectivity index (χ3v) is 7.01. The summed E-state index contributed by atoms with van der Waals surface area (Å²) < 4.78 is 47.0. The zero-order chi connectivity index (χ0) is 25.9. The monoisotopic (exact) mass is 544 g/mol. The number of carbonyl (C=O) groups excluding carboxylic acids is 3. The van der Waals surface area contributed by atoms with Crippen LogP contribution in [0.2, 0.25) is 4.34 Å². The van der Waals surface area contributed by atoms with Gasteiger partial charge in [0.25, 0.3) is 11.8 Å². The third-order valence-electron chi connectivity index (χ3n) is 5.78. The molecule has 1 aliphatic carbocycles. The molecule has 0 unspecified atom stereocenters. The van der Waals surface area contributed by atoms with Crippen LogP contribution >= 0.6 is 22.9 Å². The maximum atomic E-state index is 13.8. The molecule has 1 saturated heterocycles. The van der Waals surface area contributed by atoms with Crippen LogP contribution in [0.4, 0.5) is 24.5 Å². The average Bonchev–Trinajstić information content (AvgIpc) is 3.56. The number of rotatable bonds is 9. The highest BCUT2D eigenvalue weighted by molar-refractivity contribution is 7.18. The maximum absolute atomic E-state index is 13.8. The number of nitrogens with zero attached hydrogens (tertiary/aromatic N) is 1. The Kier molecular flexibility index (Phi) is 8.18. The highest BCUT2D eigenvalue weighted by atomic mass is 35.5. The fraction of sp³-hybridized carbons (Fsp3) is 0.435. The van der Waals surface area contributed by atoms with Crippen LogP contribution in [0, 0.1) is 5.92 Å². The van der Waals surface area contributed by atoms with Crippen LogP contribution in [0.25, 0.3) is 0 Å². The van der Waals surface area contributed by atoms with E-state index in [0.29, 0.717) is 21.7 Å². The van der Waals surface area contributed by atoms with Gasteiger partial charge >= 0.3 is 6.18 Å². The second-order valence-electron chi connectivity index (χ2n) is 8.53. The molecule has 1 aromatic heterocycles. The van der Waals surface area contributed by atoms with E-state index >= 15 is 0 Å². The first-order valence-corrected chi connectivity index (χ1v) is 12.5. The minimum absolute atomic E-state index is 0.00404. The molecule has 3 amide bonds. The molecule has 8 nitrogen and oxygen atoms in total. The predicted octanol–water partition coefficient (Wildman–Crippen LogP) is 3.52. The smallest absolute Gasteiger partial charge is 0.370 e. The van der Waals surface area contributed by atoms with Gasteiger partial charge in [0.05, 0.1) is 27.1 Å². The number of halogens is 4. The Morgan fingerprint density at radius 2 is 2.00 bits per heavy atom. The topological polar surface area (TPSA) is 99.8 Å². The van der Waals surface area contributed by atoms with Crippen molar-refractivity contribution in [2.24, 2.45) is 5.92 Å². The lowest BCUT2D eigenvalue weighted by Crippen LogP contribution is -2.49. The minimum Gasteiger partial charge on any atom is -0.370 e. The van der Waals surface area contributed by atoms with Gasteiger partial charge in [0.2, 0.25) is 5.91 Å². The number of benzene rings is 1. The fourth-order valence-electron chi connectivity index (χ4n) is 3.68. The Bertz CT molecular complexity index is 1140. The molecular weight excluding hydrogens is 521 g/mol. The summed E-state index contributed by atoms with van der Waals surface area (Å²) in [6.07, 6.45) is -2.70. The van der Waals surface area contributed by atoms with E-state index in [-0.39, 0.29) is 37.7 Å². The van der Waals surface area contributed by atoms with Gasteiger partial charge in [-0.05, 0) is 55.6 Å². The SMILES string of the molecule is O=C(NC[C@H](NCC1CC1)C(=O)Nc1ccc(N2CCOCC2=O)c(C(F)(F)F)c1)c1ccc(Cl)s1. The Morgan fingerprint density at radius 1 is 1.22 bits per heavy atom. The summed E-state index contributed by atoms with van der Waals surface area (Å²) >= 11 is 6.96. The first kappa shape index (κ1) is 26.4. The molecule has 0 bridgehead atoms. The van der Waals surface area contributed by atoms with Crippen LogP contribution < -0.4 is 20.9 Å². The van der Waals surface area contributed by atoms with Crippen molar-refractivity contribution in [1.29, 1.82) is 0 Å². The van der Waals surface area contributed by atoms with Crippen molar-refractivity contribution in [3.63, 3.8) is 0 Å². The lowest BCUT2D eigenvalue weighted by atomic mass is 10.1. The number of carbonyl (C=O) groups is 3. The molecule has 1 aromatic carbocycles. The van der Waals surface area contributed by atoms with Crippen molar-refractivity contribution in [2.75, 3.05) is 43.1 Å². The number of ether oxygens (including phenoxy) is 1. The number of morpholine rings is 1. The van der Waals surface area contributed by atoms with Crippen LogP contribution in [0.1, 0.15) is 28.1 Å². The van der Waals surface area contributed by atoms with Crippen LogP contribution in [0.3, 0.4) is 0 Å².